The van der Waals surface area contributed by atoms with E-state index in [4.69, 9.17) is 10.5 Å². The Morgan fingerprint density at radius 1 is 1.20 bits per heavy atom. The molecular weight excluding hydrogens is 268 g/mol. The normalized spacial score (nSPS) is 11.7. The molecule has 0 aliphatic rings. The van der Waals surface area contributed by atoms with Crippen LogP contribution in [0.25, 0.3) is 0 Å². The molecule has 2 rings (SSSR count). The SMILES string of the molecule is Cc1ccc(OCc2nc(C)c(C(C)(C)N)s2)cc1C. The van der Waals surface area contributed by atoms with Gasteiger partial charge in [0.25, 0.3) is 0 Å². The molecule has 1 heterocycles. The van der Waals surface area contributed by atoms with Crippen molar-refractivity contribution in [2.24, 2.45) is 5.73 Å². The Labute approximate surface area is 124 Å². The second-order valence-corrected chi connectivity index (χ2v) is 6.86. The van der Waals surface area contributed by atoms with E-state index in [1.54, 1.807) is 11.3 Å². The van der Waals surface area contributed by atoms with Gasteiger partial charge in [0, 0.05) is 10.4 Å². The van der Waals surface area contributed by atoms with E-state index in [-0.39, 0.29) is 5.54 Å². The fraction of sp³-hybridized carbons (Fsp3) is 0.438. The third kappa shape index (κ3) is 3.38. The summed E-state index contributed by atoms with van der Waals surface area (Å²) < 4.78 is 5.82. The van der Waals surface area contributed by atoms with Crippen LogP contribution in [-0.2, 0) is 12.1 Å². The lowest BCUT2D eigenvalue weighted by Crippen LogP contribution is -2.28. The Kier molecular flexibility index (Phi) is 4.16. The summed E-state index contributed by atoms with van der Waals surface area (Å²) in [6.45, 7) is 10.7. The van der Waals surface area contributed by atoms with Crippen LogP contribution in [0.5, 0.6) is 5.75 Å². The standard InChI is InChI=1S/C16H22N2OS/c1-10-6-7-13(8-11(10)2)19-9-14-18-12(3)15(20-14)16(4,5)17/h6-8H,9,17H2,1-5H3. The number of hydrogen-bond acceptors (Lipinski definition) is 4. The molecular formula is C16H22N2OS. The Morgan fingerprint density at radius 2 is 1.90 bits per heavy atom. The molecule has 20 heavy (non-hydrogen) atoms. The summed E-state index contributed by atoms with van der Waals surface area (Å²) >= 11 is 1.63. The highest BCUT2D eigenvalue weighted by Crippen LogP contribution is 2.28. The number of rotatable bonds is 4. The maximum Gasteiger partial charge on any atom is 0.140 e. The van der Waals surface area contributed by atoms with E-state index in [0.717, 1.165) is 21.3 Å². The summed E-state index contributed by atoms with van der Waals surface area (Å²) in [7, 11) is 0. The van der Waals surface area contributed by atoms with Crippen LogP contribution in [0.2, 0.25) is 0 Å². The van der Waals surface area contributed by atoms with Crippen molar-refractivity contribution >= 4 is 11.3 Å². The number of benzene rings is 1. The van der Waals surface area contributed by atoms with Gasteiger partial charge in [0.1, 0.15) is 17.4 Å². The van der Waals surface area contributed by atoms with E-state index in [1.165, 1.54) is 11.1 Å². The van der Waals surface area contributed by atoms with E-state index in [9.17, 15) is 0 Å². The molecule has 0 atom stereocenters. The number of thiazole rings is 1. The molecule has 2 N–H and O–H groups in total. The van der Waals surface area contributed by atoms with Crippen LogP contribution in [0.3, 0.4) is 0 Å². The highest BCUT2D eigenvalue weighted by atomic mass is 32.1. The summed E-state index contributed by atoms with van der Waals surface area (Å²) in [5.74, 6) is 0.884. The first kappa shape index (κ1) is 15.0. The first-order chi connectivity index (χ1) is 9.27. The zero-order valence-electron chi connectivity index (χ0n) is 12.8. The molecule has 0 fully saturated rings. The lowest BCUT2D eigenvalue weighted by Gasteiger charge is -2.16. The van der Waals surface area contributed by atoms with Crippen LogP contribution in [0.4, 0.5) is 0 Å². The molecule has 0 spiro atoms. The van der Waals surface area contributed by atoms with Crippen molar-refractivity contribution in [2.75, 3.05) is 0 Å². The predicted octanol–water partition coefficient (Wildman–Crippen LogP) is 3.84. The van der Waals surface area contributed by atoms with Crippen LogP contribution in [0.15, 0.2) is 18.2 Å². The van der Waals surface area contributed by atoms with Crippen LogP contribution in [0, 0.1) is 20.8 Å². The van der Waals surface area contributed by atoms with E-state index >= 15 is 0 Å². The monoisotopic (exact) mass is 290 g/mol. The van der Waals surface area contributed by atoms with Crippen LogP contribution >= 0.6 is 11.3 Å². The summed E-state index contributed by atoms with van der Waals surface area (Å²) in [5, 5.41) is 0.967. The largest absolute Gasteiger partial charge is 0.486 e. The highest BCUT2D eigenvalue weighted by Gasteiger charge is 2.21. The van der Waals surface area contributed by atoms with Crippen molar-refractivity contribution in [3.63, 3.8) is 0 Å². The quantitative estimate of drug-likeness (QED) is 0.930. The van der Waals surface area contributed by atoms with Gasteiger partial charge in [-0.25, -0.2) is 4.98 Å². The van der Waals surface area contributed by atoms with Crippen LogP contribution in [0.1, 0.15) is 40.6 Å². The van der Waals surface area contributed by atoms with Crippen molar-refractivity contribution < 1.29 is 4.74 Å². The molecule has 1 aromatic heterocycles. The molecule has 2 aromatic rings. The van der Waals surface area contributed by atoms with Gasteiger partial charge in [0.15, 0.2) is 0 Å². The molecule has 1 aromatic carbocycles. The first-order valence-corrected chi connectivity index (χ1v) is 7.55. The summed E-state index contributed by atoms with van der Waals surface area (Å²) in [4.78, 5) is 5.67. The number of aromatic nitrogens is 1. The molecule has 0 amide bonds. The van der Waals surface area contributed by atoms with Gasteiger partial charge < -0.3 is 10.5 Å². The molecule has 0 saturated heterocycles. The van der Waals surface area contributed by atoms with Crippen molar-refractivity contribution in [1.82, 2.24) is 4.98 Å². The van der Waals surface area contributed by atoms with Crippen molar-refractivity contribution in [3.05, 3.63) is 44.9 Å². The van der Waals surface area contributed by atoms with E-state index < -0.39 is 0 Å². The maximum absolute atomic E-state index is 6.14. The van der Waals surface area contributed by atoms with Gasteiger partial charge in [-0.05, 0) is 57.9 Å². The minimum atomic E-state index is -0.347. The number of nitrogens with zero attached hydrogens (tertiary/aromatic N) is 1. The zero-order valence-corrected chi connectivity index (χ0v) is 13.6. The second-order valence-electron chi connectivity index (χ2n) is 5.78. The molecule has 0 bridgehead atoms. The van der Waals surface area contributed by atoms with E-state index in [1.807, 2.05) is 26.8 Å². The van der Waals surface area contributed by atoms with E-state index in [2.05, 4.69) is 31.0 Å². The summed E-state index contributed by atoms with van der Waals surface area (Å²) in [6, 6.07) is 6.13. The highest BCUT2D eigenvalue weighted by molar-refractivity contribution is 7.11. The van der Waals surface area contributed by atoms with Gasteiger partial charge in [-0.1, -0.05) is 6.07 Å². The minimum Gasteiger partial charge on any atom is -0.486 e. The number of ether oxygens (including phenoxy) is 1. The fourth-order valence-electron chi connectivity index (χ4n) is 2.06. The molecule has 3 nitrogen and oxygen atoms in total. The third-order valence-corrected chi connectivity index (χ3v) is 4.74. The Hall–Kier alpha value is -1.39. The first-order valence-electron chi connectivity index (χ1n) is 6.73. The Bertz CT molecular complexity index is 611. The Morgan fingerprint density at radius 3 is 2.45 bits per heavy atom. The lowest BCUT2D eigenvalue weighted by atomic mass is 10.0. The van der Waals surface area contributed by atoms with Gasteiger partial charge in [0.05, 0.1) is 5.69 Å². The van der Waals surface area contributed by atoms with Crippen molar-refractivity contribution in [2.45, 2.75) is 46.8 Å². The molecule has 4 heteroatoms. The molecule has 0 unspecified atom stereocenters. The average Bonchev–Trinajstić information content (AvgIpc) is 2.72. The molecule has 0 radical (unpaired) electrons. The summed E-state index contributed by atoms with van der Waals surface area (Å²) in [6.07, 6.45) is 0. The van der Waals surface area contributed by atoms with Crippen LogP contribution < -0.4 is 10.5 Å². The topological polar surface area (TPSA) is 48.1 Å². The van der Waals surface area contributed by atoms with E-state index in [0.29, 0.717) is 6.61 Å². The van der Waals surface area contributed by atoms with Crippen LogP contribution in [-0.4, -0.2) is 4.98 Å². The predicted molar refractivity (Wildman–Crippen MR) is 84.3 cm³/mol. The molecule has 108 valence electrons. The van der Waals surface area contributed by atoms with Gasteiger partial charge >= 0.3 is 0 Å². The van der Waals surface area contributed by atoms with Gasteiger partial charge in [0.2, 0.25) is 0 Å². The maximum atomic E-state index is 6.14. The number of nitrogens with two attached hydrogens (primary N) is 1. The molecule has 0 aliphatic heterocycles. The van der Waals surface area contributed by atoms with Crippen molar-refractivity contribution in [1.29, 1.82) is 0 Å². The average molecular weight is 290 g/mol. The van der Waals surface area contributed by atoms with Gasteiger partial charge in [-0.15, -0.1) is 11.3 Å². The van der Waals surface area contributed by atoms with Gasteiger partial charge in [-0.3, -0.25) is 0 Å². The molecule has 0 saturated carbocycles. The lowest BCUT2D eigenvalue weighted by molar-refractivity contribution is 0.305. The van der Waals surface area contributed by atoms with Crippen molar-refractivity contribution in [3.8, 4) is 5.75 Å². The Balaban J connectivity index is 2.09. The number of aryl methyl sites for hydroxylation is 3. The smallest absolute Gasteiger partial charge is 0.140 e. The third-order valence-electron chi connectivity index (χ3n) is 3.27. The minimum absolute atomic E-state index is 0.347. The second kappa shape index (κ2) is 5.54. The fourth-order valence-corrected chi connectivity index (χ4v) is 3.05. The van der Waals surface area contributed by atoms with Gasteiger partial charge in [-0.2, -0.15) is 0 Å². The number of hydrogen-bond donors (Lipinski definition) is 1. The molecule has 0 aliphatic carbocycles. The summed E-state index contributed by atoms with van der Waals surface area (Å²) in [5.41, 5.74) is 9.31. The zero-order chi connectivity index (χ0) is 14.9.